The summed E-state index contributed by atoms with van der Waals surface area (Å²) in [5.41, 5.74) is 2.36. The van der Waals surface area contributed by atoms with E-state index in [0.29, 0.717) is 0 Å². The number of nitrogens with one attached hydrogen (secondary N) is 1. The first-order chi connectivity index (χ1) is 10.2. The van der Waals surface area contributed by atoms with E-state index in [0.717, 1.165) is 43.2 Å². The zero-order valence-corrected chi connectivity index (χ0v) is 13.4. The van der Waals surface area contributed by atoms with Crippen LogP contribution in [0.2, 0.25) is 0 Å². The summed E-state index contributed by atoms with van der Waals surface area (Å²) in [4.78, 5) is 2.40. The minimum absolute atomic E-state index is 0.0117. The van der Waals surface area contributed by atoms with Crippen LogP contribution in [0, 0.1) is 0 Å². The molecule has 116 valence electrons. The van der Waals surface area contributed by atoms with Crippen molar-refractivity contribution in [2.75, 3.05) is 38.8 Å². The van der Waals surface area contributed by atoms with Crippen LogP contribution in [0.1, 0.15) is 38.2 Å². The molecule has 0 radical (unpaired) electrons. The van der Waals surface area contributed by atoms with E-state index in [-0.39, 0.29) is 5.54 Å². The molecule has 0 aliphatic carbocycles. The summed E-state index contributed by atoms with van der Waals surface area (Å²) < 4.78 is 11.4. The Hall–Kier alpha value is -1.42. The molecule has 2 aliphatic rings. The van der Waals surface area contributed by atoms with Crippen molar-refractivity contribution in [3.63, 3.8) is 0 Å². The number of nitrogens with zero attached hydrogens (tertiary/aromatic N) is 1. The van der Waals surface area contributed by atoms with Gasteiger partial charge in [-0.2, -0.15) is 0 Å². The molecule has 21 heavy (non-hydrogen) atoms. The summed E-state index contributed by atoms with van der Waals surface area (Å²) in [6.07, 6.45) is 4.85. The highest BCUT2D eigenvalue weighted by Gasteiger charge is 2.34. The Kier molecular flexibility index (Phi) is 3.98. The van der Waals surface area contributed by atoms with Crippen molar-refractivity contribution in [2.45, 2.75) is 38.1 Å². The predicted octanol–water partition coefficient (Wildman–Crippen LogP) is 2.90. The third kappa shape index (κ3) is 2.57. The van der Waals surface area contributed by atoms with Gasteiger partial charge in [0.1, 0.15) is 11.5 Å². The molecule has 1 N–H and O–H groups in total. The molecule has 0 aromatic heterocycles. The van der Waals surface area contributed by atoms with Crippen LogP contribution in [0.3, 0.4) is 0 Å². The van der Waals surface area contributed by atoms with Crippen LogP contribution in [0.15, 0.2) is 12.1 Å². The Morgan fingerprint density at radius 2 is 1.76 bits per heavy atom. The molecule has 0 bridgehead atoms. The zero-order chi connectivity index (χ0) is 14.9. The number of hydrogen-bond acceptors (Lipinski definition) is 4. The van der Waals surface area contributed by atoms with E-state index in [1.165, 1.54) is 24.8 Å². The maximum atomic E-state index is 5.70. The van der Waals surface area contributed by atoms with E-state index in [4.69, 9.17) is 9.47 Å². The highest BCUT2D eigenvalue weighted by molar-refractivity contribution is 5.65. The second-order valence-electron chi connectivity index (χ2n) is 6.28. The highest BCUT2D eigenvalue weighted by atomic mass is 16.5. The summed E-state index contributed by atoms with van der Waals surface area (Å²) in [5.74, 6) is 1.93. The molecule has 1 aromatic rings. The molecular formula is C17H26N2O2. The molecule has 1 atom stereocenters. The van der Waals surface area contributed by atoms with Gasteiger partial charge in [-0.05, 0) is 45.2 Å². The molecule has 0 spiro atoms. The van der Waals surface area contributed by atoms with Gasteiger partial charge in [-0.15, -0.1) is 0 Å². The van der Waals surface area contributed by atoms with Gasteiger partial charge in [-0.1, -0.05) is 0 Å². The molecule has 2 saturated heterocycles. The van der Waals surface area contributed by atoms with E-state index >= 15 is 0 Å². The zero-order valence-electron chi connectivity index (χ0n) is 13.4. The number of benzene rings is 1. The smallest absolute Gasteiger partial charge is 0.142 e. The van der Waals surface area contributed by atoms with E-state index in [2.05, 4.69) is 29.3 Å². The fourth-order valence-corrected chi connectivity index (χ4v) is 3.64. The normalized spacial score (nSPS) is 25.4. The summed E-state index contributed by atoms with van der Waals surface area (Å²) in [6.45, 7) is 5.53. The van der Waals surface area contributed by atoms with Gasteiger partial charge in [0.25, 0.3) is 0 Å². The summed E-state index contributed by atoms with van der Waals surface area (Å²) >= 11 is 0. The maximum Gasteiger partial charge on any atom is 0.142 e. The van der Waals surface area contributed by atoms with E-state index in [9.17, 15) is 0 Å². The van der Waals surface area contributed by atoms with Crippen molar-refractivity contribution < 1.29 is 9.47 Å². The fourth-order valence-electron chi connectivity index (χ4n) is 3.64. The monoisotopic (exact) mass is 290 g/mol. The predicted molar refractivity (Wildman–Crippen MR) is 85.6 cm³/mol. The van der Waals surface area contributed by atoms with Crippen LogP contribution in [-0.4, -0.2) is 33.9 Å². The van der Waals surface area contributed by atoms with Crippen molar-refractivity contribution in [2.24, 2.45) is 0 Å². The third-order valence-electron chi connectivity index (χ3n) is 4.91. The van der Waals surface area contributed by atoms with Gasteiger partial charge in [0.05, 0.1) is 19.9 Å². The lowest BCUT2D eigenvalue weighted by Gasteiger charge is -2.30. The Bertz CT molecular complexity index is 504. The second kappa shape index (κ2) is 5.76. The van der Waals surface area contributed by atoms with Crippen LogP contribution in [0.4, 0.5) is 5.69 Å². The van der Waals surface area contributed by atoms with Crippen LogP contribution in [0.5, 0.6) is 11.5 Å². The molecule has 3 rings (SSSR count). The topological polar surface area (TPSA) is 33.7 Å². The van der Waals surface area contributed by atoms with Gasteiger partial charge in [-0.25, -0.2) is 0 Å². The number of anilines is 1. The summed E-state index contributed by atoms with van der Waals surface area (Å²) in [6, 6.07) is 4.33. The van der Waals surface area contributed by atoms with Crippen LogP contribution < -0.4 is 19.7 Å². The van der Waals surface area contributed by atoms with Crippen LogP contribution in [-0.2, 0) is 5.54 Å². The van der Waals surface area contributed by atoms with Crippen molar-refractivity contribution in [3.05, 3.63) is 17.7 Å². The average Bonchev–Trinajstić information content (AvgIpc) is 3.18. The van der Waals surface area contributed by atoms with Crippen molar-refractivity contribution >= 4 is 5.69 Å². The van der Waals surface area contributed by atoms with Crippen molar-refractivity contribution in [1.29, 1.82) is 0 Å². The van der Waals surface area contributed by atoms with Crippen molar-refractivity contribution in [1.82, 2.24) is 5.32 Å². The quantitative estimate of drug-likeness (QED) is 0.924. The first-order valence-electron chi connectivity index (χ1n) is 7.94. The lowest BCUT2D eigenvalue weighted by Crippen LogP contribution is -2.33. The molecule has 0 amide bonds. The molecule has 4 nitrogen and oxygen atoms in total. The molecule has 4 heteroatoms. The molecule has 0 saturated carbocycles. The number of rotatable bonds is 4. The molecule has 2 fully saturated rings. The maximum absolute atomic E-state index is 5.70. The van der Waals surface area contributed by atoms with Crippen molar-refractivity contribution in [3.8, 4) is 11.5 Å². The SMILES string of the molecule is COc1cc(C2(C)CCCN2)c(OC)cc1N1CCCC1. The van der Waals surface area contributed by atoms with Crippen LogP contribution in [0.25, 0.3) is 0 Å². The lowest BCUT2D eigenvalue weighted by molar-refractivity contribution is 0.364. The summed E-state index contributed by atoms with van der Waals surface area (Å²) in [7, 11) is 3.52. The molecule has 2 heterocycles. The van der Waals surface area contributed by atoms with Gasteiger partial charge in [-0.3, -0.25) is 0 Å². The summed E-state index contributed by atoms with van der Waals surface area (Å²) in [5, 5.41) is 3.62. The lowest BCUT2D eigenvalue weighted by atomic mass is 9.89. The van der Waals surface area contributed by atoms with Gasteiger partial charge in [0, 0.05) is 30.3 Å². The molecule has 1 aromatic carbocycles. The fraction of sp³-hybridized carbons (Fsp3) is 0.647. The number of hydrogen-bond donors (Lipinski definition) is 1. The number of methoxy groups -OCH3 is 2. The van der Waals surface area contributed by atoms with E-state index in [1.807, 2.05) is 0 Å². The standard InChI is InChI=1S/C17H26N2O2/c1-17(7-6-8-18-17)13-11-16(21-3)14(12-15(13)20-2)19-9-4-5-10-19/h11-12,18H,4-10H2,1-3H3. The van der Waals surface area contributed by atoms with Gasteiger partial charge >= 0.3 is 0 Å². The number of ether oxygens (including phenoxy) is 2. The van der Waals surface area contributed by atoms with E-state index < -0.39 is 0 Å². The highest BCUT2D eigenvalue weighted by Crippen LogP contribution is 2.43. The minimum Gasteiger partial charge on any atom is -0.496 e. The minimum atomic E-state index is -0.0117. The van der Waals surface area contributed by atoms with Gasteiger partial charge in [0.15, 0.2) is 0 Å². The Morgan fingerprint density at radius 1 is 1.05 bits per heavy atom. The molecule has 2 aliphatic heterocycles. The average molecular weight is 290 g/mol. The second-order valence-corrected chi connectivity index (χ2v) is 6.28. The van der Waals surface area contributed by atoms with Gasteiger partial charge in [0.2, 0.25) is 0 Å². The first-order valence-corrected chi connectivity index (χ1v) is 7.94. The Labute approximate surface area is 127 Å². The van der Waals surface area contributed by atoms with E-state index in [1.54, 1.807) is 14.2 Å². The molecule has 1 unspecified atom stereocenters. The van der Waals surface area contributed by atoms with Gasteiger partial charge < -0.3 is 19.7 Å². The van der Waals surface area contributed by atoms with Crippen LogP contribution >= 0.6 is 0 Å². The molecular weight excluding hydrogens is 264 g/mol. The largest absolute Gasteiger partial charge is 0.496 e. The first kappa shape index (κ1) is 14.5. The Morgan fingerprint density at radius 3 is 2.33 bits per heavy atom. The third-order valence-corrected chi connectivity index (χ3v) is 4.91. The Balaban J connectivity index is 2.04.